The number of rotatable bonds is 4. The van der Waals surface area contributed by atoms with Crippen molar-refractivity contribution in [3.05, 3.63) is 59.2 Å². The average Bonchev–Trinajstić information content (AvgIpc) is 2.63. The number of ether oxygens (including phenoxy) is 1. The van der Waals surface area contributed by atoms with Gasteiger partial charge in [-0.25, -0.2) is 8.42 Å². The van der Waals surface area contributed by atoms with Crippen molar-refractivity contribution in [2.24, 2.45) is 0 Å². The maximum absolute atomic E-state index is 12.9. The number of sulfonamides is 1. The Morgan fingerprint density at radius 1 is 1.15 bits per heavy atom. The maximum atomic E-state index is 12.9. The van der Waals surface area contributed by atoms with Crippen LogP contribution in [0.1, 0.15) is 28.4 Å². The number of carbonyl (C=O) groups is 1. The molecule has 0 aliphatic carbocycles. The van der Waals surface area contributed by atoms with Crippen LogP contribution in [0, 0.1) is 13.8 Å². The molecule has 2 aromatic carbocycles. The Bertz CT molecular complexity index is 939. The van der Waals surface area contributed by atoms with E-state index in [1.54, 1.807) is 36.1 Å². The number of hydrogen-bond donors (Lipinski definition) is 1. The number of carbonyl (C=O) groups excluding carboxylic acids is 1. The van der Waals surface area contributed by atoms with Crippen molar-refractivity contribution in [3.8, 4) is 0 Å². The molecule has 27 heavy (non-hydrogen) atoms. The van der Waals surface area contributed by atoms with Gasteiger partial charge in [0.25, 0.3) is 15.9 Å². The van der Waals surface area contributed by atoms with Gasteiger partial charge in [-0.2, -0.15) is 0 Å². The van der Waals surface area contributed by atoms with Crippen LogP contribution >= 0.6 is 0 Å². The molecule has 0 saturated carbocycles. The van der Waals surface area contributed by atoms with Crippen LogP contribution in [-0.4, -0.2) is 45.0 Å². The maximum Gasteiger partial charge on any atom is 0.262 e. The summed E-state index contributed by atoms with van der Waals surface area (Å²) in [6.07, 6.45) is -0.0282. The molecule has 1 unspecified atom stereocenters. The van der Waals surface area contributed by atoms with Crippen LogP contribution < -0.4 is 4.72 Å². The molecular formula is C20H24N2O4S. The number of nitrogens with one attached hydrogen (secondary N) is 1. The number of aryl methyl sites for hydroxylation is 2. The molecule has 1 fully saturated rings. The van der Waals surface area contributed by atoms with E-state index in [1.165, 1.54) is 6.07 Å². The van der Waals surface area contributed by atoms with Crippen LogP contribution in [-0.2, 0) is 14.8 Å². The summed E-state index contributed by atoms with van der Waals surface area (Å²) in [6.45, 7) is 7.05. The normalized spacial score (nSPS) is 17.6. The minimum atomic E-state index is -3.80. The van der Waals surface area contributed by atoms with E-state index in [0.717, 1.165) is 5.56 Å². The Hall–Kier alpha value is -2.38. The molecule has 1 atom stereocenters. The minimum Gasteiger partial charge on any atom is -0.375 e. The Balaban J connectivity index is 1.88. The fraction of sp³-hybridized carbons (Fsp3) is 0.350. The molecule has 0 bridgehead atoms. The lowest BCUT2D eigenvalue weighted by Crippen LogP contribution is -2.44. The van der Waals surface area contributed by atoms with Crippen LogP contribution in [0.4, 0.5) is 5.69 Å². The van der Waals surface area contributed by atoms with Gasteiger partial charge in [-0.1, -0.05) is 23.8 Å². The fourth-order valence-electron chi connectivity index (χ4n) is 3.04. The summed E-state index contributed by atoms with van der Waals surface area (Å²) >= 11 is 0. The van der Waals surface area contributed by atoms with Gasteiger partial charge in [-0.05, 0) is 50.6 Å². The molecule has 0 aromatic heterocycles. The molecule has 1 N–H and O–H groups in total. The highest BCUT2D eigenvalue weighted by atomic mass is 32.2. The monoisotopic (exact) mass is 388 g/mol. The lowest BCUT2D eigenvalue weighted by atomic mass is 10.1. The van der Waals surface area contributed by atoms with E-state index in [4.69, 9.17) is 4.74 Å². The summed E-state index contributed by atoms with van der Waals surface area (Å²) in [5.74, 6) is -0.183. The van der Waals surface area contributed by atoms with Crippen molar-refractivity contribution < 1.29 is 17.9 Å². The first-order chi connectivity index (χ1) is 12.8. The van der Waals surface area contributed by atoms with Crippen LogP contribution in [0.2, 0.25) is 0 Å². The molecule has 3 rings (SSSR count). The van der Waals surface area contributed by atoms with E-state index in [9.17, 15) is 13.2 Å². The number of hydrogen-bond acceptors (Lipinski definition) is 4. The number of morpholine rings is 1. The summed E-state index contributed by atoms with van der Waals surface area (Å²) in [5.41, 5.74) is 2.47. The largest absolute Gasteiger partial charge is 0.375 e. The number of benzene rings is 2. The standard InChI is InChI=1S/C20H24N2O4S/c1-14-4-8-18(9-5-14)21-27(24,25)19-12-17(7-6-15(19)2)20(23)22-10-11-26-16(3)13-22/h4-9,12,16,21H,10-11,13H2,1-3H3. The Morgan fingerprint density at radius 3 is 2.52 bits per heavy atom. The molecule has 0 spiro atoms. The predicted molar refractivity (Wildman–Crippen MR) is 104 cm³/mol. The van der Waals surface area contributed by atoms with Gasteiger partial charge in [0, 0.05) is 24.3 Å². The quantitative estimate of drug-likeness (QED) is 0.874. The second kappa shape index (κ2) is 7.70. The topological polar surface area (TPSA) is 75.7 Å². The van der Waals surface area contributed by atoms with E-state index in [-0.39, 0.29) is 16.9 Å². The molecule has 1 amide bonds. The van der Waals surface area contributed by atoms with Crippen molar-refractivity contribution in [1.29, 1.82) is 0 Å². The van der Waals surface area contributed by atoms with Crippen LogP contribution in [0.3, 0.4) is 0 Å². The third-order valence-corrected chi connectivity index (χ3v) is 6.08. The van der Waals surface area contributed by atoms with Gasteiger partial charge >= 0.3 is 0 Å². The molecule has 1 heterocycles. The van der Waals surface area contributed by atoms with Gasteiger partial charge < -0.3 is 9.64 Å². The summed E-state index contributed by atoms with van der Waals surface area (Å²) in [7, 11) is -3.80. The van der Waals surface area contributed by atoms with Crippen LogP contribution in [0.25, 0.3) is 0 Å². The van der Waals surface area contributed by atoms with Gasteiger partial charge in [0.05, 0.1) is 17.6 Å². The molecule has 6 nitrogen and oxygen atoms in total. The first-order valence-corrected chi connectivity index (χ1v) is 10.4. The van der Waals surface area contributed by atoms with Gasteiger partial charge in [0.2, 0.25) is 0 Å². The molecule has 1 saturated heterocycles. The van der Waals surface area contributed by atoms with Crippen molar-refractivity contribution in [1.82, 2.24) is 4.90 Å². The van der Waals surface area contributed by atoms with Gasteiger partial charge in [0.15, 0.2) is 0 Å². The van der Waals surface area contributed by atoms with E-state index in [1.807, 2.05) is 26.0 Å². The first-order valence-electron chi connectivity index (χ1n) is 8.87. The number of amides is 1. The third kappa shape index (κ3) is 4.48. The highest BCUT2D eigenvalue weighted by molar-refractivity contribution is 7.92. The number of anilines is 1. The Labute approximate surface area is 160 Å². The lowest BCUT2D eigenvalue weighted by Gasteiger charge is -2.31. The van der Waals surface area contributed by atoms with Crippen molar-refractivity contribution >= 4 is 21.6 Å². The van der Waals surface area contributed by atoms with Crippen molar-refractivity contribution in [2.45, 2.75) is 31.8 Å². The highest BCUT2D eigenvalue weighted by Crippen LogP contribution is 2.22. The second-order valence-electron chi connectivity index (χ2n) is 6.88. The lowest BCUT2D eigenvalue weighted by molar-refractivity contribution is -0.0124. The zero-order valence-electron chi connectivity index (χ0n) is 15.7. The van der Waals surface area contributed by atoms with Crippen LogP contribution in [0.5, 0.6) is 0 Å². The average molecular weight is 388 g/mol. The molecule has 2 aromatic rings. The molecule has 0 radical (unpaired) electrons. The smallest absolute Gasteiger partial charge is 0.262 e. The summed E-state index contributed by atoms with van der Waals surface area (Å²) in [4.78, 5) is 14.6. The summed E-state index contributed by atoms with van der Waals surface area (Å²) < 4.78 is 33.8. The SMILES string of the molecule is Cc1ccc(NS(=O)(=O)c2cc(C(=O)N3CCOC(C)C3)ccc2C)cc1. The fourth-order valence-corrected chi connectivity index (χ4v) is 4.37. The molecule has 144 valence electrons. The zero-order chi connectivity index (χ0) is 19.6. The molecular weight excluding hydrogens is 364 g/mol. The van der Waals surface area contributed by atoms with Gasteiger partial charge in [-0.15, -0.1) is 0 Å². The summed E-state index contributed by atoms with van der Waals surface area (Å²) in [5, 5.41) is 0. The zero-order valence-corrected chi connectivity index (χ0v) is 16.5. The Morgan fingerprint density at radius 2 is 1.85 bits per heavy atom. The summed E-state index contributed by atoms with van der Waals surface area (Å²) in [6, 6.07) is 11.9. The van der Waals surface area contributed by atoms with E-state index in [2.05, 4.69) is 4.72 Å². The van der Waals surface area contributed by atoms with E-state index >= 15 is 0 Å². The molecule has 7 heteroatoms. The van der Waals surface area contributed by atoms with Crippen molar-refractivity contribution in [3.63, 3.8) is 0 Å². The first kappa shape index (κ1) is 19.4. The van der Waals surface area contributed by atoms with Gasteiger partial charge in [0.1, 0.15) is 0 Å². The minimum absolute atomic E-state index is 0.0282. The predicted octanol–water partition coefficient (Wildman–Crippen LogP) is 2.97. The van der Waals surface area contributed by atoms with Crippen LogP contribution in [0.15, 0.2) is 47.4 Å². The highest BCUT2D eigenvalue weighted by Gasteiger charge is 2.25. The molecule has 1 aliphatic rings. The third-order valence-electron chi connectivity index (χ3n) is 4.56. The van der Waals surface area contributed by atoms with Gasteiger partial charge in [-0.3, -0.25) is 9.52 Å². The van der Waals surface area contributed by atoms with E-state index < -0.39 is 10.0 Å². The van der Waals surface area contributed by atoms with E-state index in [0.29, 0.717) is 36.5 Å². The number of nitrogens with zero attached hydrogens (tertiary/aromatic N) is 1. The van der Waals surface area contributed by atoms with Crippen molar-refractivity contribution in [2.75, 3.05) is 24.4 Å². The molecule has 1 aliphatic heterocycles. The Kier molecular flexibility index (Phi) is 5.53. The second-order valence-corrected chi connectivity index (χ2v) is 8.54.